The van der Waals surface area contributed by atoms with Crippen molar-refractivity contribution in [1.29, 1.82) is 0 Å². The van der Waals surface area contributed by atoms with Gasteiger partial charge in [-0.05, 0) is 145 Å². The number of nitrogen functional groups attached to an aromatic ring is 1. The van der Waals surface area contributed by atoms with Gasteiger partial charge in [0.1, 0.15) is 21.7 Å². The third-order valence-corrected chi connectivity index (χ3v) is 17.2. The van der Waals surface area contributed by atoms with Crippen molar-refractivity contribution < 1.29 is 48.1 Å². The monoisotopic (exact) mass is 1270 g/mol. The average Bonchev–Trinajstić information content (AvgIpc) is 2.99. The normalized spacial score (nSPS) is 14.5. The number of hydrogen-bond donors (Lipinski definition) is 6. The van der Waals surface area contributed by atoms with Crippen molar-refractivity contribution in [3.8, 4) is 22.3 Å². The Balaban J connectivity index is 0.000000184. The summed E-state index contributed by atoms with van der Waals surface area (Å²) < 4.78 is 16.3. The van der Waals surface area contributed by atoms with Crippen LogP contribution in [-0.4, -0.2) is 146 Å². The number of carboxylic acids is 1. The highest BCUT2D eigenvalue weighted by molar-refractivity contribution is 7.18. The van der Waals surface area contributed by atoms with E-state index in [-0.39, 0.29) is 24.0 Å². The van der Waals surface area contributed by atoms with Crippen LogP contribution < -0.4 is 41.7 Å². The topological polar surface area (TPSA) is 241 Å². The molecule has 0 radical (unpaired) electrons. The average molecular weight is 1270 g/mol. The molecule has 0 bridgehead atoms. The first-order chi connectivity index (χ1) is 42.2. The number of carbonyl (C=O) groups excluding carboxylic acids is 5. The van der Waals surface area contributed by atoms with Crippen LogP contribution in [0, 0.1) is 0 Å². The Labute approximate surface area is 532 Å². The number of carboxylic acid groups (broad SMARTS) is 1. The quantitative estimate of drug-likeness (QED) is 0.0521. The highest BCUT2D eigenvalue weighted by atomic mass is 32.1. The maximum Gasteiger partial charge on any atom is 0.412 e. The van der Waals surface area contributed by atoms with E-state index in [2.05, 4.69) is 36.0 Å². The summed E-state index contributed by atoms with van der Waals surface area (Å²) >= 11 is 4.16. The van der Waals surface area contributed by atoms with Crippen LogP contribution in [-0.2, 0) is 14.2 Å². The molecule has 3 fully saturated rings. The molecule has 3 saturated heterocycles. The van der Waals surface area contributed by atoms with Crippen molar-refractivity contribution in [1.82, 2.24) is 15.1 Å². The number of hydrogen-bond acceptors (Lipinski definition) is 17. The third-order valence-electron chi connectivity index (χ3n) is 13.8. The van der Waals surface area contributed by atoms with Gasteiger partial charge in [0.15, 0.2) is 0 Å². The minimum Gasteiger partial charge on any atom is -0.477 e. The number of thiophene rings is 3. The number of nitrogens with one attached hydrogen (secondary N) is 4. The molecular weight excluding hydrogens is 1190 g/mol. The van der Waals surface area contributed by atoms with Crippen molar-refractivity contribution in [2.24, 2.45) is 0 Å². The predicted molar refractivity (Wildman–Crippen MR) is 359 cm³/mol. The van der Waals surface area contributed by atoms with E-state index in [4.69, 9.17) is 25.1 Å². The highest BCUT2D eigenvalue weighted by Gasteiger charge is 2.29. The van der Waals surface area contributed by atoms with Gasteiger partial charge < -0.3 is 65.5 Å². The van der Waals surface area contributed by atoms with Crippen molar-refractivity contribution >= 4 is 108 Å². The Morgan fingerprint density at radius 1 is 0.438 bits per heavy atom. The molecule has 20 nitrogen and oxygen atoms in total. The van der Waals surface area contributed by atoms with Crippen LogP contribution in [0.4, 0.5) is 52.1 Å². The Bertz CT molecular complexity index is 3550. The van der Waals surface area contributed by atoms with Crippen LogP contribution >= 0.6 is 34.0 Å². The van der Waals surface area contributed by atoms with E-state index in [0.29, 0.717) is 89.7 Å². The lowest BCUT2D eigenvalue weighted by Gasteiger charge is -2.36. The summed E-state index contributed by atoms with van der Waals surface area (Å²) in [5.41, 5.74) is 10.5. The lowest BCUT2D eigenvalue weighted by atomic mass is 10.0. The highest BCUT2D eigenvalue weighted by Crippen LogP contribution is 2.35. The van der Waals surface area contributed by atoms with Crippen molar-refractivity contribution in [3.63, 3.8) is 0 Å². The van der Waals surface area contributed by atoms with Crippen molar-refractivity contribution in [3.05, 3.63) is 148 Å². The van der Waals surface area contributed by atoms with E-state index in [1.165, 1.54) is 34.0 Å². The minimum absolute atomic E-state index is 0.127. The van der Waals surface area contributed by atoms with E-state index in [9.17, 15) is 28.8 Å². The molecule has 3 aromatic heterocycles. The smallest absolute Gasteiger partial charge is 0.412 e. The second-order valence-electron chi connectivity index (χ2n) is 24.2. The summed E-state index contributed by atoms with van der Waals surface area (Å²) in [6.07, 6.45) is -1.21. The number of nitrogens with two attached hydrogens (primary N) is 1. The van der Waals surface area contributed by atoms with E-state index in [0.717, 1.165) is 63.4 Å². The van der Waals surface area contributed by atoms with Gasteiger partial charge in [-0.3, -0.25) is 14.9 Å². The molecule has 0 atom stereocenters. The summed E-state index contributed by atoms with van der Waals surface area (Å²) in [5.74, 6) is -1.32. The van der Waals surface area contributed by atoms with Gasteiger partial charge in [0.25, 0.3) is 11.8 Å². The zero-order chi connectivity index (χ0) is 64.0. The van der Waals surface area contributed by atoms with Gasteiger partial charge >= 0.3 is 24.2 Å². The minimum atomic E-state index is -0.904. The van der Waals surface area contributed by atoms with Crippen LogP contribution in [0.3, 0.4) is 0 Å². The van der Waals surface area contributed by atoms with Gasteiger partial charge in [-0.1, -0.05) is 72.8 Å². The molecule has 472 valence electrons. The molecule has 0 spiro atoms. The van der Waals surface area contributed by atoms with E-state index in [1.54, 1.807) is 48.8 Å². The molecule has 23 heteroatoms. The lowest BCUT2D eigenvalue weighted by Crippen LogP contribution is -2.49. The van der Waals surface area contributed by atoms with Gasteiger partial charge in [-0.2, -0.15) is 0 Å². The second kappa shape index (κ2) is 29.6. The number of amides is 5. The number of anilines is 7. The summed E-state index contributed by atoms with van der Waals surface area (Å²) in [6.45, 7) is 25.2. The first-order valence-electron chi connectivity index (χ1n) is 29.5. The summed E-state index contributed by atoms with van der Waals surface area (Å²) in [4.78, 5) is 85.4. The number of piperazine rings is 3. The Hall–Kier alpha value is -8.64. The summed E-state index contributed by atoms with van der Waals surface area (Å²) in [6, 6.07) is 42.1. The zero-order valence-electron chi connectivity index (χ0n) is 51.8. The molecule has 0 saturated carbocycles. The number of carbonyl (C=O) groups is 6. The number of benzene rings is 4. The number of rotatable bonds is 11. The van der Waals surface area contributed by atoms with Gasteiger partial charge in [-0.15, -0.1) is 34.0 Å². The SMILES string of the molecule is CC(C)(C)OC(=O)N1CCN(c2ccc(C(=O)O)s2)CC1.CC(C)(C)OC(=O)Nc1ccc(-c2ccccc2)cc1NC(=O)c1ccc(N2CCN(C(=O)OC(C)(C)C)CC2)s1.Nc1ccc(-c2ccccc2)cc1NC(=O)c1ccc(N2CCNCC2)s1. The maximum absolute atomic E-state index is 13.4. The first-order valence-corrected chi connectivity index (χ1v) is 31.9. The van der Waals surface area contributed by atoms with Gasteiger partial charge in [0.05, 0.1) is 47.5 Å². The van der Waals surface area contributed by atoms with Gasteiger partial charge in [0.2, 0.25) is 0 Å². The molecule has 0 unspecified atom stereocenters. The predicted octanol–water partition coefficient (Wildman–Crippen LogP) is 13.2. The van der Waals surface area contributed by atoms with E-state index < -0.39 is 28.9 Å². The van der Waals surface area contributed by atoms with Crippen LogP contribution in [0.5, 0.6) is 0 Å². The van der Waals surface area contributed by atoms with Crippen LogP contribution in [0.15, 0.2) is 133 Å². The molecule has 7 N–H and O–H groups in total. The second-order valence-corrected chi connectivity index (χ2v) is 27.4. The number of ether oxygens (including phenoxy) is 3. The zero-order valence-corrected chi connectivity index (χ0v) is 54.3. The fourth-order valence-corrected chi connectivity index (χ4v) is 12.2. The molecule has 10 rings (SSSR count). The lowest BCUT2D eigenvalue weighted by molar-refractivity contribution is 0.0230. The van der Waals surface area contributed by atoms with Crippen molar-refractivity contribution in [2.75, 3.05) is 115 Å². The standard InChI is InChI=1S/C31H38N4O5S.C21H22N4OS.C14H20N2O4S/c1-30(2,3)39-28(37)33-23-13-12-22(21-10-8-7-9-11-21)20-24(23)32-27(36)25-14-15-26(41-25)34-16-18-35(19-17-34)29(38)40-31(4,5)6;22-17-7-6-16(15-4-2-1-3-5-15)14-18(17)24-21(26)19-8-9-20(27-19)25-12-10-23-11-13-25;1-14(2,3)20-13(19)16-8-6-15(7-9-16)11-5-4-10(21-11)12(17)18/h7-15,20H,16-19H2,1-6H3,(H,32,36)(H,33,37);1-9,14,23H,10-13,22H2,(H,24,26);4-5H,6-9H2,1-3H3,(H,17,18). The van der Waals surface area contributed by atoms with Crippen LogP contribution in [0.25, 0.3) is 22.3 Å². The molecule has 7 aromatic rings. The Morgan fingerprint density at radius 3 is 1.26 bits per heavy atom. The molecule has 3 aliphatic rings. The molecular formula is C66H80N10O10S3. The fraction of sp³-hybridized carbons (Fsp3) is 0.364. The van der Waals surface area contributed by atoms with Crippen LogP contribution in [0.2, 0.25) is 0 Å². The first kappa shape index (κ1) is 66.3. The van der Waals surface area contributed by atoms with Gasteiger partial charge in [-0.25, -0.2) is 19.2 Å². The third kappa shape index (κ3) is 19.7. The Kier molecular flexibility index (Phi) is 22.0. The largest absolute Gasteiger partial charge is 0.477 e. The number of nitrogens with zero attached hydrogens (tertiary/aromatic N) is 5. The number of aromatic carboxylic acids is 1. The van der Waals surface area contributed by atoms with Crippen molar-refractivity contribution in [2.45, 2.75) is 79.1 Å². The molecule has 89 heavy (non-hydrogen) atoms. The molecule has 4 aromatic carbocycles. The molecule has 3 aliphatic heterocycles. The molecule has 6 heterocycles. The summed E-state index contributed by atoms with van der Waals surface area (Å²) in [7, 11) is 0. The van der Waals surface area contributed by atoms with E-state index >= 15 is 0 Å². The maximum atomic E-state index is 13.4. The van der Waals surface area contributed by atoms with Gasteiger partial charge in [0, 0.05) is 78.5 Å². The molecule has 5 amide bonds. The summed E-state index contributed by atoms with van der Waals surface area (Å²) in [5, 5.41) is 24.0. The Morgan fingerprint density at radius 2 is 0.831 bits per heavy atom. The van der Waals surface area contributed by atoms with E-state index in [1.807, 2.05) is 157 Å². The van der Waals surface area contributed by atoms with Crippen LogP contribution in [0.1, 0.15) is 91.3 Å². The molecule has 0 aliphatic carbocycles. The fourth-order valence-electron chi connectivity index (χ4n) is 9.43.